The summed E-state index contributed by atoms with van der Waals surface area (Å²) in [7, 11) is 0. The normalized spacial score (nSPS) is 22.0. The van der Waals surface area contributed by atoms with E-state index < -0.39 is 5.54 Å². The number of rotatable bonds is 5. The Kier molecular flexibility index (Phi) is 6.53. The van der Waals surface area contributed by atoms with Gasteiger partial charge in [-0.3, -0.25) is 14.6 Å². The second-order valence-corrected chi connectivity index (χ2v) is 9.80. The third-order valence-electron chi connectivity index (χ3n) is 7.41. The summed E-state index contributed by atoms with van der Waals surface area (Å²) in [6.07, 6.45) is 6.88. The topological polar surface area (TPSA) is 74.3 Å². The van der Waals surface area contributed by atoms with Crippen LogP contribution >= 0.6 is 0 Å². The zero-order valence-electron chi connectivity index (χ0n) is 20.2. The van der Waals surface area contributed by atoms with Crippen molar-refractivity contribution in [1.29, 1.82) is 0 Å². The van der Waals surface area contributed by atoms with Crippen molar-refractivity contribution < 1.29 is 9.59 Å². The molecule has 2 atom stereocenters. The molecule has 2 amide bonds. The van der Waals surface area contributed by atoms with Crippen LogP contribution in [-0.4, -0.2) is 40.3 Å². The maximum atomic E-state index is 13.7. The first kappa shape index (κ1) is 23.1. The lowest BCUT2D eigenvalue weighted by molar-refractivity contribution is -0.122. The van der Waals surface area contributed by atoms with Crippen molar-refractivity contribution in [2.75, 3.05) is 18.4 Å². The number of hydrogen-bond donors (Lipinski definition) is 2. The highest BCUT2D eigenvalue weighted by Gasteiger charge is 2.49. The summed E-state index contributed by atoms with van der Waals surface area (Å²) >= 11 is 0. The highest BCUT2D eigenvalue weighted by molar-refractivity contribution is 5.96. The Bertz CT molecular complexity index is 1200. The van der Waals surface area contributed by atoms with Gasteiger partial charge in [0.25, 0.3) is 5.91 Å². The molecule has 35 heavy (non-hydrogen) atoms. The highest BCUT2D eigenvalue weighted by atomic mass is 16.2. The molecule has 0 aliphatic carbocycles. The second-order valence-electron chi connectivity index (χ2n) is 9.80. The minimum absolute atomic E-state index is 0.00765. The van der Waals surface area contributed by atoms with Crippen LogP contribution in [0.5, 0.6) is 0 Å². The Morgan fingerprint density at radius 3 is 2.71 bits per heavy atom. The largest absolute Gasteiger partial charge is 0.381 e. The molecule has 0 unspecified atom stereocenters. The molecule has 1 aromatic heterocycles. The predicted molar refractivity (Wildman–Crippen MR) is 137 cm³/mol. The van der Waals surface area contributed by atoms with E-state index in [1.54, 1.807) is 12.4 Å². The highest BCUT2D eigenvalue weighted by Crippen LogP contribution is 2.41. The molecule has 2 aliphatic rings. The zero-order valence-corrected chi connectivity index (χ0v) is 20.2. The van der Waals surface area contributed by atoms with Gasteiger partial charge in [-0.25, -0.2) is 0 Å². The molecular weight excluding hydrogens is 436 g/mol. The van der Waals surface area contributed by atoms with E-state index in [9.17, 15) is 9.59 Å². The molecule has 3 aromatic rings. The lowest BCUT2D eigenvalue weighted by Gasteiger charge is -2.34. The van der Waals surface area contributed by atoms with Crippen molar-refractivity contribution in [3.05, 3.63) is 95.3 Å². The molecule has 0 radical (unpaired) electrons. The monoisotopic (exact) mass is 468 g/mol. The van der Waals surface area contributed by atoms with Crippen molar-refractivity contribution >= 4 is 17.5 Å². The number of amides is 2. The summed E-state index contributed by atoms with van der Waals surface area (Å²) in [5, 5.41) is 6.81. The summed E-state index contributed by atoms with van der Waals surface area (Å²) in [4.78, 5) is 32.3. The van der Waals surface area contributed by atoms with Gasteiger partial charge in [0.1, 0.15) is 0 Å². The van der Waals surface area contributed by atoms with Gasteiger partial charge in [-0.2, -0.15) is 0 Å². The minimum Gasteiger partial charge on any atom is -0.381 e. The van der Waals surface area contributed by atoms with E-state index >= 15 is 0 Å². The standard InChI is InChI=1S/C29H32N4O2/c1-21-10-11-24(17-26(21)31-18-22-12-15-30-16-13-22)28(35)33-19-25(23-7-3-2-4-8-23)29(20-33)14-6-5-9-27(34)32-29/h2-4,7-8,10-13,15-17,25,31H,5-6,9,14,18-20H2,1H3,(H,32,34)/t25-,29+/m0/s1. The number of aromatic nitrogens is 1. The fourth-order valence-electron chi connectivity index (χ4n) is 5.51. The maximum absolute atomic E-state index is 13.7. The summed E-state index contributed by atoms with van der Waals surface area (Å²) in [5.74, 6) is 0.174. The molecule has 1 spiro atoms. The Labute approximate surface area is 206 Å². The number of likely N-dealkylation sites (tertiary alicyclic amines) is 1. The van der Waals surface area contributed by atoms with Crippen molar-refractivity contribution in [2.24, 2.45) is 0 Å². The number of hydrogen-bond acceptors (Lipinski definition) is 4. The molecule has 3 heterocycles. The molecule has 180 valence electrons. The fourth-order valence-corrected chi connectivity index (χ4v) is 5.51. The average Bonchev–Trinajstić information content (AvgIpc) is 3.14. The fraction of sp³-hybridized carbons (Fsp3) is 0.345. The molecule has 5 rings (SSSR count). The van der Waals surface area contributed by atoms with Gasteiger partial charge in [0.2, 0.25) is 5.91 Å². The van der Waals surface area contributed by atoms with Gasteiger partial charge in [0.05, 0.1) is 5.54 Å². The van der Waals surface area contributed by atoms with Gasteiger partial charge in [-0.15, -0.1) is 0 Å². The smallest absolute Gasteiger partial charge is 0.254 e. The van der Waals surface area contributed by atoms with Crippen LogP contribution in [0.4, 0.5) is 5.69 Å². The quantitative estimate of drug-likeness (QED) is 0.571. The number of nitrogens with zero attached hydrogens (tertiary/aromatic N) is 2. The first-order valence-electron chi connectivity index (χ1n) is 12.4. The SMILES string of the molecule is Cc1ccc(C(=O)N2C[C@@H](c3ccccc3)[C@@]3(CCCCC(=O)N3)C2)cc1NCc1ccncc1. The van der Waals surface area contributed by atoms with Crippen molar-refractivity contribution in [2.45, 2.75) is 50.6 Å². The molecule has 6 heteroatoms. The first-order valence-corrected chi connectivity index (χ1v) is 12.4. The van der Waals surface area contributed by atoms with Gasteiger partial charge in [-0.1, -0.05) is 42.8 Å². The van der Waals surface area contributed by atoms with Crippen LogP contribution in [0.3, 0.4) is 0 Å². The predicted octanol–water partition coefficient (Wildman–Crippen LogP) is 4.67. The van der Waals surface area contributed by atoms with Crippen LogP contribution in [0, 0.1) is 6.92 Å². The van der Waals surface area contributed by atoms with E-state index in [0.717, 1.165) is 36.1 Å². The molecule has 2 aromatic carbocycles. The molecular formula is C29H32N4O2. The van der Waals surface area contributed by atoms with Crippen molar-refractivity contribution in [1.82, 2.24) is 15.2 Å². The van der Waals surface area contributed by atoms with Gasteiger partial charge in [0.15, 0.2) is 0 Å². The third-order valence-corrected chi connectivity index (χ3v) is 7.41. The Balaban J connectivity index is 1.39. The van der Waals surface area contributed by atoms with Crippen LogP contribution in [0.1, 0.15) is 58.6 Å². The number of carbonyl (C=O) groups excluding carboxylic acids is 2. The zero-order chi connectivity index (χ0) is 24.3. The second kappa shape index (κ2) is 9.90. The molecule has 2 saturated heterocycles. The average molecular weight is 469 g/mol. The molecule has 0 bridgehead atoms. The molecule has 6 nitrogen and oxygen atoms in total. The summed E-state index contributed by atoms with van der Waals surface area (Å²) in [6.45, 7) is 3.83. The van der Waals surface area contributed by atoms with Gasteiger partial charge < -0.3 is 15.5 Å². The van der Waals surface area contributed by atoms with E-state index in [0.29, 0.717) is 31.6 Å². The third kappa shape index (κ3) is 4.92. The number of nitrogens with one attached hydrogen (secondary N) is 2. The molecule has 0 saturated carbocycles. The van der Waals surface area contributed by atoms with Crippen LogP contribution in [0.2, 0.25) is 0 Å². The van der Waals surface area contributed by atoms with E-state index in [1.807, 2.05) is 60.4 Å². The Hall–Kier alpha value is -3.67. The summed E-state index contributed by atoms with van der Waals surface area (Å²) in [5.41, 5.74) is 4.59. The van der Waals surface area contributed by atoms with Gasteiger partial charge >= 0.3 is 0 Å². The van der Waals surface area contributed by atoms with E-state index in [4.69, 9.17) is 0 Å². The minimum atomic E-state index is -0.419. The lowest BCUT2D eigenvalue weighted by Crippen LogP contribution is -2.52. The summed E-state index contributed by atoms with van der Waals surface area (Å²) in [6, 6.07) is 20.1. The first-order chi connectivity index (χ1) is 17.0. The number of pyridine rings is 1. The number of anilines is 1. The Morgan fingerprint density at radius 2 is 1.91 bits per heavy atom. The summed E-state index contributed by atoms with van der Waals surface area (Å²) < 4.78 is 0. The van der Waals surface area contributed by atoms with E-state index in [2.05, 4.69) is 27.8 Å². The van der Waals surface area contributed by atoms with E-state index in [1.165, 1.54) is 5.56 Å². The number of carbonyl (C=O) groups is 2. The van der Waals surface area contributed by atoms with Crippen LogP contribution in [-0.2, 0) is 11.3 Å². The maximum Gasteiger partial charge on any atom is 0.254 e. The lowest BCUT2D eigenvalue weighted by atomic mass is 9.79. The molecule has 2 N–H and O–H groups in total. The molecule has 2 aliphatic heterocycles. The number of aryl methyl sites for hydroxylation is 1. The number of benzene rings is 2. The van der Waals surface area contributed by atoms with Crippen molar-refractivity contribution in [3.63, 3.8) is 0 Å². The van der Waals surface area contributed by atoms with Gasteiger partial charge in [-0.05, 0) is 60.7 Å². The Morgan fingerprint density at radius 1 is 1.11 bits per heavy atom. The van der Waals surface area contributed by atoms with Gasteiger partial charge in [0, 0.05) is 55.6 Å². The van der Waals surface area contributed by atoms with Crippen molar-refractivity contribution in [3.8, 4) is 0 Å². The van der Waals surface area contributed by atoms with E-state index in [-0.39, 0.29) is 17.7 Å². The van der Waals surface area contributed by atoms with Crippen LogP contribution < -0.4 is 10.6 Å². The van der Waals surface area contributed by atoms with Crippen LogP contribution in [0.25, 0.3) is 0 Å². The molecule has 2 fully saturated rings. The van der Waals surface area contributed by atoms with Crippen LogP contribution in [0.15, 0.2) is 73.1 Å².